The average molecular weight is 408 g/mol. The van der Waals surface area contributed by atoms with Gasteiger partial charge in [-0.25, -0.2) is 0 Å². The zero-order chi connectivity index (χ0) is 15.4. The fourth-order valence-corrected chi connectivity index (χ4v) is 2.74. The highest BCUT2D eigenvalue weighted by molar-refractivity contribution is 14.1. The molecule has 1 amide bonds. The minimum Gasteiger partial charge on any atom is -0.378 e. The summed E-state index contributed by atoms with van der Waals surface area (Å²) in [6.07, 6.45) is 0. The summed E-state index contributed by atoms with van der Waals surface area (Å²) in [5.74, 6) is -0.0882. The molecule has 1 fully saturated rings. The molecule has 114 valence electrons. The number of nitrogens with one attached hydrogen (secondary N) is 1. The van der Waals surface area contributed by atoms with Crippen molar-refractivity contribution in [1.82, 2.24) is 0 Å². The first kappa shape index (κ1) is 15.3. The molecule has 5 heteroatoms. The van der Waals surface area contributed by atoms with Crippen LogP contribution in [0.4, 0.5) is 11.4 Å². The van der Waals surface area contributed by atoms with E-state index in [2.05, 4.69) is 32.8 Å². The summed E-state index contributed by atoms with van der Waals surface area (Å²) in [4.78, 5) is 14.5. The Hall–Kier alpha value is -1.60. The monoisotopic (exact) mass is 408 g/mol. The topological polar surface area (TPSA) is 41.6 Å². The summed E-state index contributed by atoms with van der Waals surface area (Å²) < 4.78 is 6.50. The van der Waals surface area contributed by atoms with E-state index in [0.717, 1.165) is 41.2 Å². The standard InChI is InChI=1S/C17H17IN2O2/c18-14-3-5-15(6-4-14)19-17(21)13-1-7-16(8-2-13)20-9-11-22-12-10-20/h1-8H,9-12H2,(H,19,21). The zero-order valence-corrected chi connectivity index (χ0v) is 14.2. The summed E-state index contributed by atoms with van der Waals surface area (Å²) in [6, 6.07) is 15.5. The highest BCUT2D eigenvalue weighted by atomic mass is 127. The molecule has 0 aromatic heterocycles. The molecular formula is C17H17IN2O2. The summed E-state index contributed by atoms with van der Waals surface area (Å²) in [7, 11) is 0. The maximum absolute atomic E-state index is 12.2. The number of amides is 1. The van der Waals surface area contributed by atoms with Gasteiger partial charge in [-0.3, -0.25) is 4.79 Å². The molecule has 1 saturated heterocycles. The smallest absolute Gasteiger partial charge is 0.255 e. The van der Waals surface area contributed by atoms with Crippen LogP contribution in [0, 0.1) is 3.57 Å². The highest BCUT2D eigenvalue weighted by Crippen LogP contribution is 2.18. The molecule has 4 nitrogen and oxygen atoms in total. The maximum Gasteiger partial charge on any atom is 0.255 e. The van der Waals surface area contributed by atoms with Gasteiger partial charge < -0.3 is 15.0 Å². The number of halogens is 1. The second-order valence-electron chi connectivity index (χ2n) is 5.11. The number of nitrogens with zero attached hydrogens (tertiary/aromatic N) is 1. The van der Waals surface area contributed by atoms with Gasteiger partial charge in [0.25, 0.3) is 5.91 Å². The highest BCUT2D eigenvalue weighted by Gasteiger charge is 2.12. The Morgan fingerprint density at radius 1 is 1.00 bits per heavy atom. The van der Waals surface area contributed by atoms with Crippen LogP contribution in [0.25, 0.3) is 0 Å². The van der Waals surface area contributed by atoms with Gasteiger partial charge in [-0.15, -0.1) is 0 Å². The minimum atomic E-state index is -0.0882. The van der Waals surface area contributed by atoms with Crippen LogP contribution in [0.2, 0.25) is 0 Å². The third-order valence-corrected chi connectivity index (χ3v) is 4.33. The van der Waals surface area contributed by atoms with E-state index in [9.17, 15) is 4.79 Å². The van der Waals surface area contributed by atoms with Gasteiger partial charge in [-0.05, 0) is 71.1 Å². The van der Waals surface area contributed by atoms with Gasteiger partial charge in [-0.2, -0.15) is 0 Å². The fraction of sp³-hybridized carbons (Fsp3) is 0.235. The molecular weight excluding hydrogens is 391 g/mol. The first-order chi connectivity index (χ1) is 10.7. The number of rotatable bonds is 3. The van der Waals surface area contributed by atoms with Gasteiger partial charge in [0.1, 0.15) is 0 Å². The van der Waals surface area contributed by atoms with Gasteiger partial charge in [0.2, 0.25) is 0 Å². The first-order valence-corrected chi connectivity index (χ1v) is 8.30. The molecule has 1 N–H and O–H groups in total. The van der Waals surface area contributed by atoms with Gasteiger partial charge in [0.05, 0.1) is 13.2 Å². The molecule has 2 aromatic rings. The number of morpholine rings is 1. The van der Waals surface area contributed by atoms with E-state index in [1.54, 1.807) is 0 Å². The lowest BCUT2D eigenvalue weighted by molar-refractivity contribution is 0.102. The van der Waals surface area contributed by atoms with Crippen molar-refractivity contribution >= 4 is 39.9 Å². The molecule has 0 atom stereocenters. The summed E-state index contributed by atoms with van der Waals surface area (Å²) in [5, 5.41) is 2.91. The van der Waals surface area contributed by atoms with Crippen molar-refractivity contribution in [3.63, 3.8) is 0 Å². The molecule has 0 aliphatic carbocycles. The van der Waals surface area contributed by atoms with Crippen LogP contribution in [0.15, 0.2) is 48.5 Å². The van der Waals surface area contributed by atoms with Gasteiger partial charge in [-0.1, -0.05) is 0 Å². The van der Waals surface area contributed by atoms with E-state index < -0.39 is 0 Å². The van der Waals surface area contributed by atoms with E-state index in [-0.39, 0.29) is 5.91 Å². The normalized spacial score (nSPS) is 14.7. The van der Waals surface area contributed by atoms with Crippen molar-refractivity contribution in [3.8, 4) is 0 Å². The third-order valence-electron chi connectivity index (χ3n) is 3.61. The largest absolute Gasteiger partial charge is 0.378 e. The Morgan fingerprint density at radius 2 is 1.64 bits per heavy atom. The van der Waals surface area contributed by atoms with E-state index in [0.29, 0.717) is 5.56 Å². The Kier molecular flexibility index (Phi) is 4.94. The molecule has 22 heavy (non-hydrogen) atoms. The Morgan fingerprint density at radius 3 is 2.27 bits per heavy atom. The number of anilines is 2. The van der Waals surface area contributed by atoms with Gasteiger partial charge >= 0.3 is 0 Å². The van der Waals surface area contributed by atoms with Gasteiger partial charge in [0.15, 0.2) is 0 Å². The van der Waals surface area contributed by atoms with Crippen LogP contribution >= 0.6 is 22.6 Å². The molecule has 0 bridgehead atoms. The van der Waals surface area contributed by atoms with Crippen molar-refractivity contribution in [2.24, 2.45) is 0 Å². The van der Waals surface area contributed by atoms with E-state index in [4.69, 9.17) is 4.74 Å². The predicted molar refractivity (Wildman–Crippen MR) is 96.6 cm³/mol. The number of hydrogen-bond acceptors (Lipinski definition) is 3. The SMILES string of the molecule is O=C(Nc1ccc(I)cc1)c1ccc(N2CCOCC2)cc1. The molecule has 0 unspecified atom stereocenters. The predicted octanol–water partition coefficient (Wildman–Crippen LogP) is 3.38. The van der Waals surface area contributed by atoms with Crippen molar-refractivity contribution < 1.29 is 9.53 Å². The first-order valence-electron chi connectivity index (χ1n) is 7.22. The quantitative estimate of drug-likeness (QED) is 0.792. The zero-order valence-electron chi connectivity index (χ0n) is 12.1. The molecule has 1 aliphatic rings. The number of carbonyl (C=O) groups is 1. The number of hydrogen-bond donors (Lipinski definition) is 1. The molecule has 3 rings (SSSR count). The van der Waals surface area contributed by atoms with Crippen molar-refractivity contribution in [2.75, 3.05) is 36.5 Å². The second-order valence-corrected chi connectivity index (χ2v) is 6.35. The second kappa shape index (κ2) is 7.11. The van der Waals surface area contributed by atoms with Gasteiger partial charge in [0, 0.05) is 33.6 Å². The molecule has 0 saturated carbocycles. The maximum atomic E-state index is 12.2. The minimum absolute atomic E-state index is 0.0882. The molecule has 2 aromatic carbocycles. The summed E-state index contributed by atoms with van der Waals surface area (Å²) >= 11 is 2.24. The molecule has 0 spiro atoms. The average Bonchev–Trinajstić information content (AvgIpc) is 2.58. The van der Waals surface area contributed by atoms with Crippen LogP contribution in [0.5, 0.6) is 0 Å². The molecule has 0 radical (unpaired) electrons. The van der Waals surface area contributed by atoms with Crippen molar-refractivity contribution in [2.45, 2.75) is 0 Å². The van der Waals surface area contributed by atoms with Crippen LogP contribution in [0.3, 0.4) is 0 Å². The fourth-order valence-electron chi connectivity index (χ4n) is 2.38. The van der Waals surface area contributed by atoms with Crippen LogP contribution < -0.4 is 10.2 Å². The molecule has 1 aliphatic heterocycles. The van der Waals surface area contributed by atoms with Crippen LogP contribution in [-0.4, -0.2) is 32.2 Å². The third kappa shape index (κ3) is 3.78. The van der Waals surface area contributed by atoms with Crippen LogP contribution in [-0.2, 0) is 4.74 Å². The molecule has 1 heterocycles. The number of ether oxygens (including phenoxy) is 1. The summed E-state index contributed by atoms with van der Waals surface area (Å²) in [6.45, 7) is 3.31. The van der Waals surface area contributed by atoms with Crippen molar-refractivity contribution in [1.29, 1.82) is 0 Å². The van der Waals surface area contributed by atoms with E-state index in [1.165, 1.54) is 0 Å². The van der Waals surface area contributed by atoms with Crippen molar-refractivity contribution in [3.05, 3.63) is 57.7 Å². The van der Waals surface area contributed by atoms with E-state index in [1.807, 2.05) is 48.5 Å². The lowest BCUT2D eigenvalue weighted by atomic mass is 10.1. The Labute approximate surface area is 143 Å². The van der Waals surface area contributed by atoms with Crippen LogP contribution in [0.1, 0.15) is 10.4 Å². The Balaban J connectivity index is 1.66. The number of benzene rings is 2. The summed E-state index contributed by atoms with van der Waals surface area (Å²) in [5.41, 5.74) is 2.60. The number of carbonyl (C=O) groups excluding carboxylic acids is 1. The van der Waals surface area contributed by atoms with E-state index >= 15 is 0 Å². The lowest BCUT2D eigenvalue weighted by Crippen LogP contribution is -2.36. The lowest BCUT2D eigenvalue weighted by Gasteiger charge is -2.28. The Bertz CT molecular complexity index is 635.